The first-order valence-corrected chi connectivity index (χ1v) is 8.87. The lowest BCUT2D eigenvalue weighted by Gasteiger charge is -2.06. The van der Waals surface area contributed by atoms with Gasteiger partial charge in [-0.05, 0) is 37.0 Å². The third kappa shape index (κ3) is 3.77. The number of aromatic nitrogens is 4. The predicted molar refractivity (Wildman–Crippen MR) is 99.5 cm³/mol. The molecule has 0 bridgehead atoms. The summed E-state index contributed by atoms with van der Waals surface area (Å²) in [4.78, 5) is 12.1. The summed E-state index contributed by atoms with van der Waals surface area (Å²) >= 11 is 0. The highest BCUT2D eigenvalue weighted by Gasteiger charge is 2.27. The topological polar surface area (TPSA) is 76.8 Å². The molecular formula is C19H22N6O. The molecule has 0 radical (unpaired) electrons. The van der Waals surface area contributed by atoms with Gasteiger partial charge in [-0.3, -0.25) is 10.00 Å². The zero-order valence-electron chi connectivity index (χ0n) is 14.7. The van der Waals surface area contributed by atoms with Crippen molar-refractivity contribution in [1.82, 2.24) is 24.9 Å². The number of carbonyl (C=O) groups excluding carboxylic acids is 1. The van der Waals surface area contributed by atoms with Crippen molar-refractivity contribution in [2.45, 2.75) is 25.2 Å². The lowest BCUT2D eigenvalue weighted by molar-refractivity contribution is 0.252. The molecule has 4 rings (SSSR count). The summed E-state index contributed by atoms with van der Waals surface area (Å²) in [5, 5.41) is 14.6. The smallest absolute Gasteiger partial charge is 0.320 e. The Morgan fingerprint density at radius 3 is 2.85 bits per heavy atom. The number of aryl methyl sites for hydroxylation is 1. The van der Waals surface area contributed by atoms with Crippen molar-refractivity contribution < 1.29 is 4.79 Å². The summed E-state index contributed by atoms with van der Waals surface area (Å²) in [5.74, 6) is 1.29. The molecule has 7 nitrogen and oxygen atoms in total. The largest absolute Gasteiger partial charge is 0.337 e. The molecular weight excluding hydrogens is 328 g/mol. The van der Waals surface area contributed by atoms with Gasteiger partial charge in [0.25, 0.3) is 0 Å². The predicted octanol–water partition coefficient (Wildman–Crippen LogP) is 2.85. The summed E-state index contributed by atoms with van der Waals surface area (Å²) in [5.41, 5.74) is 3.16. The van der Waals surface area contributed by atoms with E-state index in [0.717, 1.165) is 29.2 Å². The van der Waals surface area contributed by atoms with Gasteiger partial charge >= 0.3 is 6.03 Å². The fraction of sp³-hybridized carbons (Fsp3) is 0.316. The number of rotatable bonds is 6. The molecule has 7 heteroatoms. The highest BCUT2D eigenvalue weighted by molar-refractivity contribution is 5.88. The van der Waals surface area contributed by atoms with E-state index >= 15 is 0 Å². The van der Waals surface area contributed by atoms with Crippen molar-refractivity contribution in [3.63, 3.8) is 0 Å². The van der Waals surface area contributed by atoms with Crippen LogP contribution in [0.2, 0.25) is 0 Å². The van der Waals surface area contributed by atoms with E-state index < -0.39 is 0 Å². The Kier molecular flexibility index (Phi) is 4.43. The van der Waals surface area contributed by atoms with Gasteiger partial charge in [0.05, 0.1) is 17.6 Å². The van der Waals surface area contributed by atoms with E-state index in [-0.39, 0.29) is 6.03 Å². The number of nitrogens with one attached hydrogen (secondary N) is 2. The number of para-hydroxylation sites is 1. The highest BCUT2D eigenvalue weighted by Crippen LogP contribution is 2.39. The van der Waals surface area contributed by atoms with Crippen LogP contribution in [0, 0.1) is 0 Å². The summed E-state index contributed by atoms with van der Waals surface area (Å²) < 4.78 is 3.56. The number of nitrogens with zero attached hydrogens (tertiary/aromatic N) is 4. The molecule has 1 aromatic carbocycles. The zero-order valence-corrected chi connectivity index (χ0v) is 14.7. The molecule has 0 spiro atoms. The van der Waals surface area contributed by atoms with Crippen molar-refractivity contribution in [3.05, 3.63) is 60.0 Å². The Balaban J connectivity index is 1.27. The van der Waals surface area contributed by atoms with E-state index in [9.17, 15) is 4.79 Å². The van der Waals surface area contributed by atoms with Gasteiger partial charge < -0.3 is 5.32 Å². The van der Waals surface area contributed by atoms with Gasteiger partial charge in [0.15, 0.2) is 0 Å². The number of urea groups is 1. The van der Waals surface area contributed by atoms with Crippen LogP contribution in [0.5, 0.6) is 0 Å². The van der Waals surface area contributed by atoms with E-state index in [2.05, 4.69) is 20.8 Å². The molecule has 0 atom stereocenters. The number of anilines is 1. The van der Waals surface area contributed by atoms with Crippen LogP contribution < -0.4 is 10.6 Å². The number of hydrogen-bond donors (Lipinski definition) is 2. The van der Waals surface area contributed by atoms with Crippen LogP contribution >= 0.6 is 0 Å². The molecule has 2 aromatic heterocycles. The van der Waals surface area contributed by atoms with E-state index in [4.69, 9.17) is 0 Å². The first kappa shape index (κ1) is 16.4. The molecule has 0 saturated heterocycles. The maximum Gasteiger partial charge on any atom is 0.320 e. The number of carbonyl (C=O) groups is 1. The Labute approximate surface area is 152 Å². The third-order valence-electron chi connectivity index (χ3n) is 4.49. The Morgan fingerprint density at radius 2 is 2.08 bits per heavy atom. The number of hydrogen-bond acceptors (Lipinski definition) is 3. The molecule has 1 saturated carbocycles. The zero-order chi connectivity index (χ0) is 17.9. The van der Waals surface area contributed by atoms with Crippen LogP contribution in [0.15, 0.2) is 48.8 Å². The van der Waals surface area contributed by atoms with Gasteiger partial charge in [0.2, 0.25) is 0 Å². The second-order valence-electron chi connectivity index (χ2n) is 6.61. The molecule has 2 amide bonds. The minimum absolute atomic E-state index is 0.217. The average Bonchev–Trinajstić information content (AvgIpc) is 3.29. The minimum Gasteiger partial charge on any atom is -0.337 e. The van der Waals surface area contributed by atoms with Gasteiger partial charge in [0.1, 0.15) is 5.82 Å². The van der Waals surface area contributed by atoms with Gasteiger partial charge in [-0.1, -0.05) is 18.2 Å². The molecule has 0 unspecified atom stereocenters. The van der Waals surface area contributed by atoms with Crippen LogP contribution in [0.1, 0.15) is 30.0 Å². The van der Waals surface area contributed by atoms with Gasteiger partial charge in [0, 0.05) is 31.8 Å². The van der Waals surface area contributed by atoms with Crippen LogP contribution in [0.4, 0.5) is 10.6 Å². The number of amides is 2. The first-order chi connectivity index (χ1) is 12.7. The van der Waals surface area contributed by atoms with Crippen molar-refractivity contribution in [2.75, 3.05) is 11.9 Å². The Morgan fingerprint density at radius 1 is 1.27 bits per heavy atom. The second-order valence-corrected chi connectivity index (χ2v) is 6.61. The summed E-state index contributed by atoms with van der Waals surface area (Å²) in [6.07, 6.45) is 6.92. The second kappa shape index (κ2) is 7.03. The van der Waals surface area contributed by atoms with Crippen LogP contribution in [0.25, 0.3) is 5.69 Å². The molecule has 3 aromatic rings. The molecule has 26 heavy (non-hydrogen) atoms. The molecule has 1 aliphatic carbocycles. The Bertz CT molecular complexity index is 894. The molecule has 1 aliphatic rings. The van der Waals surface area contributed by atoms with Crippen molar-refractivity contribution in [3.8, 4) is 5.69 Å². The highest BCUT2D eigenvalue weighted by atomic mass is 16.2. The SMILES string of the molecule is Cn1nc(C2CC2)cc1NC(=O)NCCc1cnn(-c2ccccc2)c1. The molecule has 134 valence electrons. The van der Waals surface area contributed by atoms with E-state index in [1.807, 2.05) is 60.5 Å². The van der Waals surface area contributed by atoms with E-state index in [0.29, 0.717) is 12.5 Å². The minimum atomic E-state index is -0.217. The first-order valence-electron chi connectivity index (χ1n) is 8.87. The maximum atomic E-state index is 12.1. The van der Waals surface area contributed by atoms with Crippen molar-refractivity contribution >= 4 is 11.8 Å². The lowest BCUT2D eigenvalue weighted by atomic mass is 10.2. The van der Waals surface area contributed by atoms with Crippen molar-refractivity contribution in [1.29, 1.82) is 0 Å². The van der Waals surface area contributed by atoms with Gasteiger partial charge in [-0.15, -0.1) is 0 Å². The molecule has 1 fully saturated rings. The quantitative estimate of drug-likeness (QED) is 0.718. The molecule has 2 heterocycles. The van der Waals surface area contributed by atoms with E-state index in [1.54, 1.807) is 4.68 Å². The van der Waals surface area contributed by atoms with Crippen LogP contribution in [-0.4, -0.2) is 32.1 Å². The summed E-state index contributed by atoms with van der Waals surface area (Å²) in [7, 11) is 1.85. The summed E-state index contributed by atoms with van der Waals surface area (Å²) in [6, 6.07) is 11.7. The van der Waals surface area contributed by atoms with Gasteiger partial charge in [-0.25, -0.2) is 9.48 Å². The monoisotopic (exact) mass is 350 g/mol. The van der Waals surface area contributed by atoms with E-state index in [1.165, 1.54) is 12.8 Å². The third-order valence-corrected chi connectivity index (χ3v) is 4.49. The normalized spacial score (nSPS) is 13.6. The number of benzene rings is 1. The maximum absolute atomic E-state index is 12.1. The standard InChI is InChI=1S/C19H22N6O/c1-24-18(11-17(23-24)15-7-8-15)22-19(26)20-10-9-14-12-21-25(13-14)16-5-3-2-4-6-16/h2-6,11-13,15H,7-10H2,1H3,(H2,20,22,26). The fourth-order valence-corrected chi connectivity index (χ4v) is 2.88. The molecule has 2 N–H and O–H groups in total. The fourth-order valence-electron chi connectivity index (χ4n) is 2.88. The lowest BCUT2D eigenvalue weighted by Crippen LogP contribution is -2.31. The van der Waals surface area contributed by atoms with Crippen LogP contribution in [0.3, 0.4) is 0 Å². The average molecular weight is 350 g/mol. The van der Waals surface area contributed by atoms with Gasteiger partial charge in [-0.2, -0.15) is 10.2 Å². The van der Waals surface area contributed by atoms with Crippen LogP contribution in [-0.2, 0) is 13.5 Å². The molecule has 0 aliphatic heterocycles. The Hall–Kier alpha value is -3.09. The van der Waals surface area contributed by atoms with Crippen molar-refractivity contribution in [2.24, 2.45) is 7.05 Å². The summed E-state index contributed by atoms with van der Waals surface area (Å²) in [6.45, 7) is 0.541.